The van der Waals surface area contributed by atoms with Crippen LogP contribution in [0.5, 0.6) is 0 Å². The molecule has 0 bridgehead atoms. The van der Waals surface area contributed by atoms with E-state index in [1.807, 2.05) is 0 Å². The lowest BCUT2D eigenvalue weighted by Crippen LogP contribution is -2.66. The SMILES string of the molecule is CC(=O)O[C@@H]1C=C2C3CC[C@H]([C@H](C)/C=C/[C@H](C)C(C)C)[C@@]3(C)CCC2[C@@]2(C)CC[C@H](O)C[C@]12O. The highest BCUT2D eigenvalue weighted by Crippen LogP contribution is 2.67. The smallest absolute Gasteiger partial charge is 0.303 e. The van der Waals surface area contributed by atoms with Gasteiger partial charge in [-0.1, -0.05) is 59.3 Å². The number of carbonyl (C=O) groups is 1. The van der Waals surface area contributed by atoms with Crippen LogP contribution in [0, 0.1) is 46.3 Å². The molecule has 0 spiro atoms. The van der Waals surface area contributed by atoms with Crippen LogP contribution in [0.3, 0.4) is 0 Å². The average molecular weight is 473 g/mol. The number of hydrogen-bond donors (Lipinski definition) is 2. The molecule has 4 nitrogen and oxygen atoms in total. The third-order valence-electron chi connectivity index (χ3n) is 11.0. The summed E-state index contributed by atoms with van der Waals surface area (Å²) in [5, 5.41) is 22.4. The van der Waals surface area contributed by atoms with Gasteiger partial charge in [0.25, 0.3) is 0 Å². The summed E-state index contributed by atoms with van der Waals surface area (Å²) in [6, 6.07) is 0. The number of fused-ring (bicyclic) bond motifs is 5. The van der Waals surface area contributed by atoms with Crippen molar-refractivity contribution in [3.63, 3.8) is 0 Å². The Morgan fingerprint density at radius 2 is 1.76 bits per heavy atom. The molecule has 3 saturated carbocycles. The van der Waals surface area contributed by atoms with Gasteiger partial charge in [0.1, 0.15) is 11.7 Å². The van der Waals surface area contributed by atoms with E-state index < -0.39 is 17.8 Å². The Morgan fingerprint density at radius 3 is 2.41 bits per heavy atom. The van der Waals surface area contributed by atoms with E-state index in [0.717, 1.165) is 12.8 Å². The molecule has 4 aliphatic carbocycles. The molecule has 10 atom stereocenters. The highest BCUT2D eigenvalue weighted by atomic mass is 16.6. The van der Waals surface area contributed by atoms with E-state index in [1.54, 1.807) is 0 Å². The van der Waals surface area contributed by atoms with Gasteiger partial charge in [-0.3, -0.25) is 4.79 Å². The molecule has 0 aliphatic heterocycles. The van der Waals surface area contributed by atoms with Crippen molar-refractivity contribution in [2.45, 2.75) is 111 Å². The zero-order chi connectivity index (χ0) is 25.1. The van der Waals surface area contributed by atoms with Gasteiger partial charge in [-0.2, -0.15) is 0 Å². The predicted molar refractivity (Wildman–Crippen MR) is 136 cm³/mol. The van der Waals surface area contributed by atoms with E-state index in [0.29, 0.717) is 41.9 Å². The number of aliphatic hydroxyl groups excluding tert-OH is 1. The van der Waals surface area contributed by atoms with Gasteiger partial charge in [0.2, 0.25) is 0 Å². The van der Waals surface area contributed by atoms with Crippen LogP contribution < -0.4 is 0 Å². The normalized spacial score (nSPS) is 45.8. The number of aliphatic hydroxyl groups is 2. The van der Waals surface area contributed by atoms with Gasteiger partial charge in [-0.25, -0.2) is 0 Å². The van der Waals surface area contributed by atoms with E-state index >= 15 is 0 Å². The Hall–Kier alpha value is -1.13. The minimum atomic E-state index is -1.21. The van der Waals surface area contributed by atoms with Crippen LogP contribution in [-0.2, 0) is 9.53 Å². The van der Waals surface area contributed by atoms with Crippen molar-refractivity contribution in [1.29, 1.82) is 0 Å². The van der Waals surface area contributed by atoms with Crippen LogP contribution in [0.4, 0.5) is 0 Å². The van der Waals surface area contributed by atoms with Gasteiger partial charge in [-0.05, 0) is 85.5 Å². The summed E-state index contributed by atoms with van der Waals surface area (Å²) < 4.78 is 5.78. The van der Waals surface area contributed by atoms with E-state index in [2.05, 4.69) is 59.8 Å². The first-order valence-corrected chi connectivity index (χ1v) is 13.8. The van der Waals surface area contributed by atoms with Crippen LogP contribution in [0.15, 0.2) is 23.8 Å². The van der Waals surface area contributed by atoms with E-state index in [4.69, 9.17) is 4.74 Å². The first-order valence-electron chi connectivity index (χ1n) is 13.8. The fourth-order valence-electron chi connectivity index (χ4n) is 8.44. The fourth-order valence-corrected chi connectivity index (χ4v) is 8.44. The lowest BCUT2D eigenvalue weighted by Gasteiger charge is -2.62. The van der Waals surface area contributed by atoms with E-state index in [-0.39, 0.29) is 23.2 Å². The third kappa shape index (κ3) is 4.01. The van der Waals surface area contributed by atoms with Gasteiger partial charge in [0.15, 0.2) is 0 Å². The second kappa shape index (κ2) is 9.07. The Kier molecular flexibility index (Phi) is 6.92. The van der Waals surface area contributed by atoms with Crippen molar-refractivity contribution in [2.75, 3.05) is 0 Å². The van der Waals surface area contributed by atoms with Crippen molar-refractivity contribution in [3.8, 4) is 0 Å². The van der Waals surface area contributed by atoms with Crippen LogP contribution in [0.1, 0.15) is 93.4 Å². The van der Waals surface area contributed by atoms with Crippen LogP contribution in [0.25, 0.3) is 0 Å². The van der Waals surface area contributed by atoms with Crippen molar-refractivity contribution in [3.05, 3.63) is 23.8 Å². The average Bonchev–Trinajstić information content (AvgIpc) is 3.10. The molecule has 0 aromatic heterocycles. The maximum atomic E-state index is 12.0. The molecule has 34 heavy (non-hydrogen) atoms. The molecule has 0 aromatic rings. The fraction of sp³-hybridized carbons (Fsp3) is 0.833. The molecule has 4 heteroatoms. The molecule has 4 rings (SSSR count). The summed E-state index contributed by atoms with van der Waals surface area (Å²) in [6.45, 7) is 15.4. The number of allylic oxidation sites excluding steroid dienone is 3. The third-order valence-corrected chi connectivity index (χ3v) is 11.0. The molecule has 2 N–H and O–H groups in total. The molecule has 0 heterocycles. The van der Waals surface area contributed by atoms with Gasteiger partial charge in [0, 0.05) is 18.8 Å². The Bertz CT molecular complexity index is 845. The molecule has 3 fully saturated rings. The maximum absolute atomic E-state index is 12.0. The second-order valence-electron chi connectivity index (χ2n) is 13.1. The Balaban J connectivity index is 1.67. The molecule has 4 aliphatic rings. The molecule has 2 unspecified atom stereocenters. The molecule has 0 aromatic carbocycles. The zero-order valence-electron chi connectivity index (χ0n) is 22.5. The Labute approximate surface area is 207 Å². The summed E-state index contributed by atoms with van der Waals surface area (Å²) in [6.07, 6.45) is 12.2. The summed E-state index contributed by atoms with van der Waals surface area (Å²) in [5.41, 5.74) is 0.0686. The largest absolute Gasteiger partial charge is 0.455 e. The van der Waals surface area contributed by atoms with Crippen molar-refractivity contribution < 1.29 is 19.7 Å². The van der Waals surface area contributed by atoms with Crippen molar-refractivity contribution >= 4 is 5.97 Å². The highest BCUT2D eigenvalue weighted by Gasteiger charge is 2.65. The van der Waals surface area contributed by atoms with E-state index in [1.165, 1.54) is 31.8 Å². The maximum Gasteiger partial charge on any atom is 0.303 e. The number of hydrogen-bond acceptors (Lipinski definition) is 4. The lowest BCUT2D eigenvalue weighted by atomic mass is 9.45. The summed E-state index contributed by atoms with van der Waals surface area (Å²) >= 11 is 0. The topological polar surface area (TPSA) is 66.8 Å². The molecule has 192 valence electrons. The first kappa shape index (κ1) is 25.9. The minimum absolute atomic E-state index is 0.230. The Morgan fingerprint density at radius 1 is 1.06 bits per heavy atom. The van der Waals surface area contributed by atoms with Gasteiger partial charge in [-0.15, -0.1) is 0 Å². The first-order chi connectivity index (χ1) is 15.8. The number of carbonyl (C=O) groups excluding carboxylic acids is 1. The van der Waals surface area contributed by atoms with E-state index in [9.17, 15) is 15.0 Å². The summed E-state index contributed by atoms with van der Waals surface area (Å²) in [5.74, 6) is 2.83. The number of rotatable bonds is 5. The molecule has 0 amide bonds. The molecule has 0 radical (unpaired) electrons. The number of ether oxygens (including phenoxy) is 1. The van der Waals surface area contributed by atoms with Crippen molar-refractivity contribution in [1.82, 2.24) is 0 Å². The standard InChI is InChI=1S/C30H48O4/c1-18(2)19(3)8-9-20(4)24-10-11-25-23-16-27(34-21(5)31)30(33)17-22(32)12-15-29(30,7)26(23)13-14-28(24,25)6/h8-9,16,18-20,22,24-27,32-33H,10-15,17H2,1-7H3/b9-8+/t19-,20+,22-,24+,25?,26?,27+,28+,29+,30-/m0/s1. The number of esters is 1. The minimum Gasteiger partial charge on any atom is -0.455 e. The second-order valence-corrected chi connectivity index (χ2v) is 13.1. The summed E-state index contributed by atoms with van der Waals surface area (Å²) in [7, 11) is 0. The predicted octanol–water partition coefficient (Wildman–Crippen LogP) is 6.07. The highest BCUT2D eigenvalue weighted by molar-refractivity contribution is 5.66. The van der Waals surface area contributed by atoms with Gasteiger partial charge >= 0.3 is 5.97 Å². The monoisotopic (exact) mass is 472 g/mol. The van der Waals surface area contributed by atoms with Crippen molar-refractivity contribution in [2.24, 2.45) is 46.3 Å². The zero-order valence-corrected chi connectivity index (χ0v) is 22.5. The van der Waals surface area contributed by atoms with Gasteiger partial charge in [0.05, 0.1) is 6.10 Å². The van der Waals surface area contributed by atoms with Crippen LogP contribution in [0.2, 0.25) is 0 Å². The quantitative estimate of drug-likeness (QED) is 0.377. The van der Waals surface area contributed by atoms with Crippen LogP contribution in [-0.4, -0.2) is 34.0 Å². The molecular weight excluding hydrogens is 424 g/mol. The van der Waals surface area contributed by atoms with Crippen LogP contribution >= 0.6 is 0 Å². The lowest BCUT2D eigenvalue weighted by molar-refractivity contribution is -0.221. The molecule has 0 saturated heterocycles. The summed E-state index contributed by atoms with van der Waals surface area (Å²) in [4.78, 5) is 12.0. The van der Waals surface area contributed by atoms with Gasteiger partial charge < -0.3 is 14.9 Å². The molecular formula is C30H48O4.